The highest BCUT2D eigenvalue weighted by Gasteiger charge is 2.24. The molecule has 0 spiro atoms. The molecule has 0 fully saturated rings. The van der Waals surface area contributed by atoms with Gasteiger partial charge in [-0.25, -0.2) is 0 Å². The van der Waals surface area contributed by atoms with Gasteiger partial charge in [-0.1, -0.05) is 25.2 Å². The van der Waals surface area contributed by atoms with Gasteiger partial charge in [0.2, 0.25) is 0 Å². The van der Waals surface area contributed by atoms with Crippen molar-refractivity contribution in [3.05, 3.63) is 60.0 Å². The Kier molecular flexibility index (Phi) is 5.35. The Morgan fingerprint density at radius 3 is 2.85 bits per heavy atom. The van der Waals surface area contributed by atoms with E-state index in [2.05, 4.69) is 18.3 Å². The molecule has 1 N–H and O–H groups in total. The van der Waals surface area contributed by atoms with E-state index < -0.39 is 10.8 Å². The number of nitro benzene ring substituents is 1. The average molecular weight is 399 g/mol. The van der Waals surface area contributed by atoms with Gasteiger partial charge in [-0.15, -0.1) is 11.3 Å². The van der Waals surface area contributed by atoms with Crippen LogP contribution in [0, 0.1) is 38.1 Å². The number of carbonyl (C=O) groups excluding carboxylic acids is 1. The zero-order valence-electron chi connectivity index (χ0n) is 14.9. The first-order valence-electron chi connectivity index (χ1n) is 8.47. The summed E-state index contributed by atoms with van der Waals surface area (Å²) in [5, 5.41) is 23.9. The lowest BCUT2D eigenvalue weighted by Crippen LogP contribution is -2.17. The molecule has 0 saturated carbocycles. The quantitative estimate of drug-likeness (QED) is 0.448. The van der Waals surface area contributed by atoms with Crippen molar-refractivity contribution in [2.45, 2.75) is 33.1 Å². The molecule has 0 saturated heterocycles. The van der Waals surface area contributed by atoms with Crippen LogP contribution in [0.4, 0.5) is 10.7 Å². The minimum absolute atomic E-state index is 0.116. The van der Waals surface area contributed by atoms with Crippen molar-refractivity contribution >= 4 is 40.2 Å². The number of aryl methyl sites for hydroxylation is 1. The van der Waals surface area contributed by atoms with Gasteiger partial charge < -0.3 is 5.32 Å². The topological polar surface area (TPSA) is 96.0 Å². The standard InChI is InChI=1S/C19H17N3O3S2/c1-10-3-6-13-14(7-10)19(26)27-18(15(13)9-20)21-17(23)12-5-4-11(2)16(8-12)22(24)25/h4-5,8,10H,3,6-7H2,1-2H3,(H,21,23). The van der Waals surface area contributed by atoms with Crippen molar-refractivity contribution < 1.29 is 9.72 Å². The van der Waals surface area contributed by atoms with E-state index in [1.165, 1.54) is 29.5 Å². The zero-order valence-corrected chi connectivity index (χ0v) is 16.5. The second-order valence-corrected chi connectivity index (χ2v) is 8.41. The van der Waals surface area contributed by atoms with E-state index in [1.807, 2.05) is 0 Å². The second kappa shape index (κ2) is 7.55. The third-order valence-electron chi connectivity index (χ3n) is 4.78. The predicted octanol–water partition coefficient (Wildman–Crippen LogP) is 4.94. The first-order chi connectivity index (χ1) is 12.8. The summed E-state index contributed by atoms with van der Waals surface area (Å²) >= 11 is 6.71. The van der Waals surface area contributed by atoms with Gasteiger partial charge >= 0.3 is 0 Å². The van der Waals surface area contributed by atoms with Crippen molar-refractivity contribution in [2.24, 2.45) is 5.92 Å². The fourth-order valence-corrected chi connectivity index (χ4v) is 4.66. The minimum atomic E-state index is -0.517. The van der Waals surface area contributed by atoms with Crippen LogP contribution < -0.4 is 5.32 Å². The molecule has 0 bridgehead atoms. The molecule has 1 aliphatic rings. The molecule has 2 aromatic rings. The molecular weight excluding hydrogens is 382 g/mol. The van der Waals surface area contributed by atoms with Crippen molar-refractivity contribution in [1.29, 1.82) is 5.26 Å². The van der Waals surface area contributed by atoms with E-state index in [4.69, 9.17) is 12.2 Å². The van der Waals surface area contributed by atoms with Crippen LogP contribution in [0.15, 0.2) is 18.2 Å². The highest BCUT2D eigenvalue weighted by atomic mass is 32.1. The van der Waals surface area contributed by atoms with Crippen LogP contribution in [0.5, 0.6) is 0 Å². The fraction of sp³-hybridized carbons (Fsp3) is 0.316. The van der Waals surface area contributed by atoms with E-state index >= 15 is 0 Å². The first kappa shape index (κ1) is 19.1. The maximum absolute atomic E-state index is 12.6. The third-order valence-corrected chi connectivity index (χ3v) is 6.22. The van der Waals surface area contributed by atoms with Gasteiger partial charge in [0, 0.05) is 17.2 Å². The SMILES string of the molecule is Cc1ccc(C(=O)Nc2sc(=S)c3c(c2C#N)CCC(C)C3)cc1[N+](=O)[O-]. The van der Waals surface area contributed by atoms with E-state index in [0.717, 1.165) is 30.4 Å². The Balaban J connectivity index is 1.99. The molecule has 1 heterocycles. The summed E-state index contributed by atoms with van der Waals surface area (Å²) in [6, 6.07) is 6.52. The fourth-order valence-electron chi connectivity index (χ4n) is 3.27. The average Bonchev–Trinajstić information content (AvgIpc) is 2.62. The third kappa shape index (κ3) is 3.75. The zero-order chi connectivity index (χ0) is 19.7. The molecule has 1 aliphatic carbocycles. The van der Waals surface area contributed by atoms with Crippen LogP contribution in [-0.4, -0.2) is 10.8 Å². The van der Waals surface area contributed by atoms with Gasteiger partial charge in [0.05, 0.1) is 14.3 Å². The second-order valence-electron chi connectivity index (χ2n) is 6.72. The molecule has 1 unspecified atom stereocenters. The lowest BCUT2D eigenvalue weighted by Gasteiger charge is -2.23. The van der Waals surface area contributed by atoms with Crippen LogP contribution in [0.25, 0.3) is 0 Å². The molecule has 1 aromatic carbocycles. The van der Waals surface area contributed by atoms with Gasteiger partial charge in [0.1, 0.15) is 11.1 Å². The van der Waals surface area contributed by atoms with E-state index in [9.17, 15) is 20.2 Å². The van der Waals surface area contributed by atoms with Gasteiger partial charge in [0.25, 0.3) is 11.6 Å². The van der Waals surface area contributed by atoms with E-state index in [1.54, 1.807) is 6.92 Å². The maximum atomic E-state index is 12.6. The maximum Gasteiger partial charge on any atom is 0.273 e. The van der Waals surface area contributed by atoms with Crippen LogP contribution >= 0.6 is 23.6 Å². The summed E-state index contributed by atoms with van der Waals surface area (Å²) < 4.78 is 0.681. The molecule has 138 valence electrons. The van der Waals surface area contributed by atoms with Gasteiger partial charge in [-0.2, -0.15) is 5.26 Å². The lowest BCUT2D eigenvalue weighted by molar-refractivity contribution is -0.385. The van der Waals surface area contributed by atoms with Crippen LogP contribution in [0.2, 0.25) is 0 Å². The Morgan fingerprint density at radius 1 is 1.44 bits per heavy atom. The van der Waals surface area contributed by atoms with E-state index in [-0.39, 0.29) is 11.3 Å². The predicted molar refractivity (Wildman–Crippen MR) is 107 cm³/mol. The van der Waals surface area contributed by atoms with Crippen LogP contribution in [0.3, 0.4) is 0 Å². The highest BCUT2D eigenvalue weighted by Crippen LogP contribution is 2.36. The summed E-state index contributed by atoms with van der Waals surface area (Å²) in [5.74, 6) is 0.0240. The Bertz CT molecular complexity index is 1050. The van der Waals surface area contributed by atoms with Gasteiger partial charge in [-0.05, 0) is 49.3 Å². The summed E-state index contributed by atoms with van der Waals surface area (Å²) in [4.78, 5) is 23.2. The molecule has 27 heavy (non-hydrogen) atoms. The number of nitro groups is 1. The Labute approximate surface area is 165 Å². The number of amides is 1. The molecular formula is C19H17N3O3S2. The van der Waals surface area contributed by atoms with Gasteiger partial charge in [0.15, 0.2) is 0 Å². The number of nitrogens with one attached hydrogen (secondary N) is 1. The minimum Gasteiger partial charge on any atom is -0.312 e. The van der Waals surface area contributed by atoms with Crippen LogP contribution in [0.1, 0.15) is 46.0 Å². The number of hydrogen-bond donors (Lipinski definition) is 1. The van der Waals surface area contributed by atoms with Crippen molar-refractivity contribution in [3.63, 3.8) is 0 Å². The number of nitrogens with zero attached hydrogens (tertiary/aromatic N) is 2. The summed E-state index contributed by atoms with van der Waals surface area (Å²) in [7, 11) is 0. The number of nitriles is 1. The van der Waals surface area contributed by atoms with Crippen molar-refractivity contribution in [3.8, 4) is 6.07 Å². The number of rotatable bonds is 3. The van der Waals surface area contributed by atoms with Crippen molar-refractivity contribution in [2.75, 3.05) is 5.32 Å². The lowest BCUT2D eigenvalue weighted by atomic mass is 9.85. The molecule has 1 aromatic heterocycles. The molecule has 0 radical (unpaired) electrons. The summed E-state index contributed by atoms with van der Waals surface area (Å²) in [6.07, 6.45) is 2.58. The van der Waals surface area contributed by atoms with Gasteiger partial charge in [-0.3, -0.25) is 14.9 Å². The largest absolute Gasteiger partial charge is 0.312 e. The summed E-state index contributed by atoms with van der Waals surface area (Å²) in [5.41, 5.74) is 2.94. The smallest absolute Gasteiger partial charge is 0.273 e. The molecule has 3 rings (SSSR count). The monoisotopic (exact) mass is 399 g/mol. The van der Waals surface area contributed by atoms with Crippen LogP contribution in [-0.2, 0) is 12.8 Å². The summed E-state index contributed by atoms with van der Waals surface area (Å²) in [6.45, 7) is 3.78. The molecule has 8 heteroatoms. The normalized spacial score (nSPS) is 15.5. The number of benzene rings is 1. The molecule has 6 nitrogen and oxygen atoms in total. The number of anilines is 1. The molecule has 0 aliphatic heterocycles. The van der Waals surface area contributed by atoms with Crippen molar-refractivity contribution in [1.82, 2.24) is 0 Å². The van der Waals surface area contributed by atoms with E-state index in [0.29, 0.717) is 25.9 Å². The highest BCUT2D eigenvalue weighted by molar-refractivity contribution is 7.73. The Morgan fingerprint density at radius 2 is 2.19 bits per heavy atom. The number of carbonyl (C=O) groups is 1. The molecule has 1 atom stereocenters. The number of hydrogen-bond acceptors (Lipinski definition) is 6. The first-order valence-corrected chi connectivity index (χ1v) is 9.69. The molecule has 1 amide bonds. The Hall–Kier alpha value is -2.63. The number of fused-ring (bicyclic) bond motifs is 1.